The Morgan fingerprint density at radius 3 is 2.96 bits per heavy atom. The normalized spacial score (nSPS) is 34.9. The van der Waals surface area contributed by atoms with Crippen LogP contribution in [-0.4, -0.2) is 28.7 Å². The third kappa shape index (κ3) is 2.67. The number of rotatable bonds is 3. The van der Waals surface area contributed by atoms with Crippen LogP contribution in [0.5, 0.6) is 0 Å². The lowest BCUT2D eigenvalue weighted by Gasteiger charge is -2.23. The molecule has 0 saturated carbocycles. The van der Waals surface area contributed by atoms with Gasteiger partial charge in [0.25, 0.3) is 5.91 Å². The van der Waals surface area contributed by atoms with E-state index in [0.717, 1.165) is 0 Å². The fraction of sp³-hybridized carbons (Fsp3) is 0.263. The number of nitrogens with zero attached hydrogens (tertiary/aromatic N) is 2. The highest BCUT2D eigenvalue weighted by molar-refractivity contribution is 6.04. The highest BCUT2D eigenvalue weighted by atomic mass is 16.1. The molecule has 3 N–H and O–H groups in total. The molecule has 1 aliphatic rings. The van der Waals surface area contributed by atoms with E-state index in [1.165, 1.54) is 28.9 Å². The fourth-order valence-electron chi connectivity index (χ4n) is 2.55. The monoisotopic (exact) mass is 329 g/mol. The van der Waals surface area contributed by atoms with Gasteiger partial charge in [0.05, 0.1) is 11.3 Å². The number of aromatic nitrogens is 2. The topological polar surface area (TPSA) is 72.9 Å². The number of piperidine rings is 1. The van der Waals surface area contributed by atoms with Gasteiger partial charge in [-0.3, -0.25) is 4.79 Å². The molecule has 1 aromatic heterocycles. The van der Waals surface area contributed by atoms with Crippen molar-refractivity contribution in [1.82, 2.24) is 15.1 Å². The third-order valence-corrected chi connectivity index (χ3v) is 3.72. The molecule has 1 fully saturated rings. The van der Waals surface area contributed by atoms with Gasteiger partial charge in [-0.25, -0.2) is 4.68 Å². The number of carbonyl (C=O) groups excluding carboxylic acids is 1. The fourth-order valence-corrected chi connectivity index (χ4v) is 2.55. The van der Waals surface area contributed by atoms with Gasteiger partial charge < -0.3 is 11.1 Å². The number of nitrogens with two attached hydrogens (primary N) is 1. The molecule has 0 spiro atoms. The van der Waals surface area contributed by atoms with Gasteiger partial charge in [-0.2, -0.15) is 5.10 Å². The third-order valence-electron chi connectivity index (χ3n) is 3.72. The van der Waals surface area contributed by atoms with Gasteiger partial charge in [0.1, 0.15) is 5.52 Å². The lowest BCUT2D eigenvalue weighted by atomic mass is 9.92. The van der Waals surface area contributed by atoms with E-state index in [2.05, 4.69) is 5.10 Å². The Labute approximate surface area is 153 Å². The van der Waals surface area contributed by atoms with E-state index < -0.39 is 37.5 Å². The van der Waals surface area contributed by atoms with Gasteiger partial charge in [-0.1, -0.05) is 24.3 Å². The summed E-state index contributed by atoms with van der Waals surface area (Å²) in [5, 5.41) is 6.86. The van der Waals surface area contributed by atoms with E-state index in [1.807, 2.05) is 5.32 Å². The summed E-state index contributed by atoms with van der Waals surface area (Å²) >= 11 is 0. The van der Waals surface area contributed by atoms with Gasteiger partial charge in [-0.05, 0) is 48.9 Å². The average molecular weight is 329 g/mol. The van der Waals surface area contributed by atoms with Crippen LogP contribution in [0.2, 0.25) is 0 Å². The van der Waals surface area contributed by atoms with Crippen molar-refractivity contribution < 1.29 is 17.1 Å². The number of carbonyl (C=O) groups is 1. The van der Waals surface area contributed by atoms with E-state index in [9.17, 15) is 4.79 Å². The molecule has 5 heteroatoms. The molecular formula is C19H20N4O. The van der Waals surface area contributed by atoms with Crippen molar-refractivity contribution in [2.24, 2.45) is 5.73 Å². The number of amides is 1. The largest absolute Gasteiger partial charge is 0.366 e. The second kappa shape index (κ2) is 6.09. The maximum absolute atomic E-state index is 11.7. The van der Waals surface area contributed by atoms with Crippen LogP contribution >= 0.6 is 0 Å². The summed E-state index contributed by atoms with van der Waals surface area (Å²) in [7, 11) is 0. The summed E-state index contributed by atoms with van der Waals surface area (Å²) < 4.78 is 74.9. The summed E-state index contributed by atoms with van der Waals surface area (Å²) in [5.74, 6) is -3.47. The summed E-state index contributed by atoms with van der Waals surface area (Å²) in [5.41, 5.74) is 6.27. The molecule has 24 heavy (non-hydrogen) atoms. The van der Waals surface area contributed by atoms with Crippen molar-refractivity contribution in [3.05, 3.63) is 59.8 Å². The zero-order valence-electron chi connectivity index (χ0n) is 21.5. The maximum Gasteiger partial charge on any atom is 0.250 e. The molecule has 1 aliphatic heterocycles. The van der Waals surface area contributed by atoms with Crippen molar-refractivity contribution in [3.63, 3.8) is 0 Å². The molecule has 0 unspecified atom stereocenters. The first kappa shape index (κ1) is 7.94. The second-order valence-corrected chi connectivity index (χ2v) is 5.23. The molecule has 0 aliphatic carbocycles. The average Bonchev–Trinajstić information content (AvgIpc) is 3.15. The molecule has 0 radical (unpaired) electrons. The minimum absolute atomic E-state index is 0.192. The van der Waals surface area contributed by atoms with Crippen LogP contribution in [0.25, 0.3) is 16.6 Å². The van der Waals surface area contributed by atoms with E-state index in [1.54, 1.807) is 24.4 Å². The van der Waals surface area contributed by atoms with Crippen molar-refractivity contribution in [2.45, 2.75) is 18.6 Å². The van der Waals surface area contributed by atoms with E-state index >= 15 is 0 Å². The minimum Gasteiger partial charge on any atom is -0.366 e. The van der Waals surface area contributed by atoms with E-state index in [4.69, 9.17) is 18.1 Å². The number of nitrogens with one attached hydrogen (secondary N) is 1. The van der Waals surface area contributed by atoms with Gasteiger partial charge in [0, 0.05) is 30.4 Å². The van der Waals surface area contributed by atoms with Crippen LogP contribution in [-0.2, 0) is 0 Å². The molecule has 4 rings (SSSR count). The number of fused-ring (bicyclic) bond motifs is 1. The number of hydrogen-bond acceptors (Lipinski definition) is 3. The Bertz CT molecular complexity index is 1260. The Morgan fingerprint density at radius 2 is 2.17 bits per heavy atom. The molecule has 1 amide bonds. The molecule has 122 valence electrons. The van der Waals surface area contributed by atoms with Gasteiger partial charge in [0.15, 0.2) is 0 Å². The Morgan fingerprint density at radius 1 is 1.33 bits per heavy atom. The van der Waals surface area contributed by atoms with Gasteiger partial charge in [0.2, 0.25) is 0 Å². The zero-order chi connectivity index (χ0) is 24.6. The maximum atomic E-state index is 11.7. The lowest BCUT2D eigenvalue weighted by molar-refractivity contribution is 0.100. The standard InChI is InChI=1S/C19H20N4O/c20-19(24)17-5-1-3-15-12-23(22-18(15)17)16-8-6-13(7-9-16)14-4-2-10-21-11-14/h1,3,5-9,12,14,21H,2,4,10-11H2,(H2,20,24)/t14-/m1/s1/i2D2,4D2,10D2,11D2,14D. The second-order valence-electron chi connectivity index (χ2n) is 5.23. The predicted molar refractivity (Wildman–Crippen MR) is 94.4 cm³/mol. The van der Waals surface area contributed by atoms with Crippen LogP contribution in [0, 0.1) is 0 Å². The lowest BCUT2D eigenvalue weighted by Crippen LogP contribution is -2.28. The highest BCUT2D eigenvalue weighted by Crippen LogP contribution is 2.25. The Hall–Kier alpha value is -2.66. The van der Waals surface area contributed by atoms with Gasteiger partial charge in [-0.15, -0.1) is 0 Å². The van der Waals surface area contributed by atoms with Crippen molar-refractivity contribution >= 4 is 16.8 Å². The quantitative estimate of drug-likeness (QED) is 0.776. The first-order chi connectivity index (χ1) is 15.1. The van der Waals surface area contributed by atoms with Crippen LogP contribution < -0.4 is 11.1 Å². The summed E-state index contributed by atoms with van der Waals surface area (Å²) in [6.07, 6.45) is -4.84. The molecule has 3 aromatic rings. The molecular weight excluding hydrogens is 300 g/mol. The first-order valence-electron chi connectivity index (χ1n) is 11.8. The number of hydrogen-bond donors (Lipinski definition) is 2. The van der Waals surface area contributed by atoms with Crippen molar-refractivity contribution in [3.8, 4) is 5.69 Å². The SMILES string of the molecule is [2H]C1([2H])NC([2H])([2H])[C@]([2H])(c2ccc(-n3cc4cccc(C(N)=O)c4n3)cc2)C([2H])([2H])C1([2H])[2H]. The van der Waals surface area contributed by atoms with E-state index in [0.29, 0.717) is 16.6 Å². The highest BCUT2D eigenvalue weighted by Gasteiger charge is 2.15. The molecule has 5 nitrogen and oxygen atoms in total. The molecule has 2 heterocycles. The zero-order valence-corrected chi connectivity index (χ0v) is 12.5. The van der Waals surface area contributed by atoms with Crippen molar-refractivity contribution in [1.29, 1.82) is 0 Å². The number of benzene rings is 2. The smallest absolute Gasteiger partial charge is 0.250 e. The van der Waals surface area contributed by atoms with Crippen molar-refractivity contribution in [2.75, 3.05) is 13.0 Å². The molecule has 1 atom stereocenters. The summed E-state index contributed by atoms with van der Waals surface area (Å²) in [4.78, 5) is 11.7. The van der Waals surface area contributed by atoms with Gasteiger partial charge >= 0.3 is 0 Å². The van der Waals surface area contributed by atoms with Crippen LogP contribution in [0.15, 0.2) is 48.7 Å². The van der Waals surface area contributed by atoms with Crippen LogP contribution in [0.4, 0.5) is 0 Å². The van der Waals surface area contributed by atoms with Crippen LogP contribution in [0.1, 0.15) is 46.9 Å². The first-order valence-corrected chi connectivity index (χ1v) is 7.25. The summed E-state index contributed by atoms with van der Waals surface area (Å²) in [6, 6.07) is 10.4. The summed E-state index contributed by atoms with van der Waals surface area (Å²) in [6.45, 7) is -6.01. The minimum atomic E-state index is -3.25. The molecule has 2 aromatic carbocycles. The van der Waals surface area contributed by atoms with E-state index in [-0.39, 0.29) is 11.1 Å². The molecule has 1 saturated heterocycles. The Kier molecular flexibility index (Phi) is 2.02. The predicted octanol–water partition coefficient (Wildman–Crippen LogP) is 2.59. The molecule has 0 bridgehead atoms. The Balaban J connectivity index is 1.80. The van der Waals surface area contributed by atoms with Crippen LogP contribution in [0.3, 0.4) is 0 Å². The number of primary amides is 1.